The van der Waals surface area contributed by atoms with Crippen LogP contribution in [0.5, 0.6) is 0 Å². The average Bonchev–Trinajstić information content (AvgIpc) is 3.32. The minimum Gasteiger partial charge on any atom is -0.347 e. The van der Waals surface area contributed by atoms with Crippen LogP contribution in [0.4, 0.5) is 0 Å². The van der Waals surface area contributed by atoms with Crippen LogP contribution in [0, 0.1) is 0 Å². The maximum absolute atomic E-state index is 13.5. The molecule has 2 aliphatic rings. The largest absolute Gasteiger partial charge is 0.347 e. The van der Waals surface area contributed by atoms with Crippen LogP contribution in [0.25, 0.3) is 16.6 Å². The standard InChI is InChI=1S/C25H25Cl2N3O4S/c1-2-21(23(32)29-11-9-25(10-12-29)33-13-14-34-25)35-24-28-20-6-4-3-5-17(20)22(31)30(24)16-7-8-18(26)19(27)15-16/h3-8,15,21H,2,9-14H2,1H3. The Morgan fingerprint density at radius 1 is 1.11 bits per heavy atom. The molecule has 184 valence electrons. The molecule has 1 amide bonds. The summed E-state index contributed by atoms with van der Waals surface area (Å²) in [5, 5.41) is 1.24. The molecule has 0 radical (unpaired) electrons. The summed E-state index contributed by atoms with van der Waals surface area (Å²) in [7, 11) is 0. The highest BCUT2D eigenvalue weighted by molar-refractivity contribution is 8.00. The van der Waals surface area contributed by atoms with E-state index in [1.54, 1.807) is 36.4 Å². The zero-order valence-electron chi connectivity index (χ0n) is 19.2. The summed E-state index contributed by atoms with van der Waals surface area (Å²) in [6, 6.07) is 12.2. The molecule has 10 heteroatoms. The zero-order valence-corrected chi connectivity index (χ0v) is 21.5. The Hall–Kier alpha value is -2.10. The lowest BCUT2D eigenvalue weighted by molar-refractivity contribution is -0.187. The van der Waals surface area contributed by atoms with Gasteiger partial charge < -0.3 is 14.4 Å². The molecule has 2 aliphatic heterocycles. The molecule has 5 rings (SSSR count). The number of benzene rings is 2. The Kier molecular flexibility index (Phi) is 7.10. The van der Waals surface area contributed by atoms with E-state index in [2.05, 4.69) is 0 Å². The van der Waals surface area contributed by atoms with E-state index in [-0.39, 0.29) is 11.5 Å². The van der Waals surface area contributed by atoms with Crippen LogP contribution in [0.1, 0.15) is 26.2 Å². The molecule has 2 saturated heterocycles. The van der Waals surface area contributed by atoms with E-state index in [1.165, 1.54) is 16.3 Å². The summed E-state index contributed by atoms with van der Waals surface area (Å²) in [5.41, 5.74) is 0.895. The molecule has 1 atom stereocenters. The quantitative estimate of drug-likeness (QED) is 0.342. The van der Waals surface area contributed by atoms with E-state index in [0.717, 1.165) is 0 Å². The van der Waals surface area contributed by atoms with E-state index < -0.39 is 11.0 Å². The number of aromatic nitrogens is 2. The van der Waals surface area contributed by atoms with Crippen molar-refractivity contribution in [1.29, 1.82) is 0 Å². The van der Waals surface area contributed by atoms with Crippen molar-refractivity contribution in [3.63, 3.8) is 0 Å². The van der Waals surface area contributed by atoms with Crippen LogP contribution in [0.3, 0.4) is 0 Å². The van der Waals surface area contributed by atoms with Gasteiger partial charge in [-0.15, -0.1) is 0 Å². The number of hydrogen-bond acceptors (Lipinski definition) is 6. The van der Waals surface area contributed by atoms with Crippen molar-refractivity contribution >= 4 is 51.8 Å². The monoisotopic (exact) mass is 533 g/mol. The topological polar surface area (TPSA) is 73.7 Å². The van der Waals surface area contributed by atoms with E-state index >= 15 is 0 Å². The van der Waals surface area contributed by atoms with Crippen LogP contribution < -0.4 is 5.56 Å². The second-order valence-electron chi connectivity index (χ2n) is 8.60. The molecular formula is C25H25Cl2N3O4S. The molecule has 7 nitrogen and oxygen atoms in total. The van der Waals surface area contributed by atoms with Gasteiger partial charge in [0.15, 0.2) is 10.9 Å². The Bertz CT molecular complexity index is 1320. The second-order valence-corrected chi connectivity index (χ2v) is 10.6. The molecule has 0 aliphatic carbocycles. The number of carbonyl (C=O) groups excluding carboxylic acids is 1. The van der Waals surface area contributed by atoms with Crippen molar-refractivity contribution in [2.24, 2.45) is 0 Å². The molecule has 0 bridgehead atoms. The van der Waals surface area contributed by atoms with Crippen molar-refractivity contribution in [2.75, 3.05) is 26.3 Å². The molecule has 0 saturated carbocycles. The number of para-hydroxylation sites is 1. The van der Waals surface area contributed by atoms with Crippen LogP contribution in [0.2, 0.25) is 10.0 Å². The third kappa shape index (κ3) is 4.82. The highest BCUT2D eigenvalue weighted by Crippen LogP contribution is 2.34. The minimum atomic E-state index is -0.542. The lowest BCUT2D eigenvalue weighted by Crippen LogP contribution is -2.49. The first-order valence-corrected chi connectivity index (χ1v) is 13.2. The van der Waals surface area contributed by atoms with E-state index in [0.29, 0.717) is 77.4 Å². The lowest BCUT2D eigenvalue weighted by Gasteiger charge is -2.38. The number of carbonyl (C=O) groups is 1. The number of rotatable bonds is 5. The summed E-state index contributed by atoms with van der Waals surface area (Å²) < 4.78 is 13.1. The van der Waals surface area contributed by atoms with Gasteiger partial charge in [-0.3, -0.25) is 14.2 Å². The SMILES string of the molecule is CCC(Sc1nc2ccccc2c(=O)n1-c1ccc(Cl)c(Cl)c1)C(=O)N1CCC2(CC1)OCCO2. The molecule has 35 heavy (non-hydrogen) atoms. The first-order valence-electron chi connectivity index (χ1n) is 11.6. The van der Waals surface area contributed by atoms with Crippen LogP contribution in [-0.2, 0) is 14.3 Å². The predicted molar refractivity (Wildman–Crippen MR) is 138 cm³/mol. The number of hydrogen-bond donors (Lipinski definition) is 0. The van der Waals surface area contributed by atoms with Gasteiger partial charge in [0.1, 0.15) is 0 Å². The fourth-order valence-electron chi connectivity index (χ4n) is 4.54. The second kappa shape index (κ2) is 10.1. The Labute approximate surface area is 217 Å². The van der Waals surface area contributed by atoms with Gasteiger partial charge in [-0.2, -0.15) is 0 Å². The number of halogens is 2. The molecule has 3 aromatic rings. The maximum Gasteiger partial charge on any atom is 0.266 e. The van der Waals surface area contributed by atoms with Crippen molar-refractivity contribution in [1.82, 2.24) is 14.5 Å². The Morgan fingerprint density at radius 3 is 2.51 bits per heavy atom. The summed E-state index contributed by atoms with van der Waals surface area (Å²) >= 11 is 13.7. The number of likely N-dealkylation sites (tertiary alicyclic amines) is 1. The average molecular weight is 534 g/mol. The number of thioether (sulfide) groups is 1. The number of amides is 1. The first-order chi connectivity index (χ1) is 16.9. The predicted octanol–water partition coefficient (Wildman–Crippen LogP) is 4.93. The molecule has 3 heterocycles. The summed E-state index contributed by atoms with van der Waals surface area (Å²) in [6.07, 6.45) is 1.90. The van der Waals surface area contributed by atoms with Crippen molar-refractivity contribution in [3.8, 4) is 5.69 Å². The van der Waals surface area contributed by atoms with Gasteiger partial charge in [-0.05, 0) is 36.8 Å². The summed E-state index contributed by atoms with van der Waals surface area (Å²) in [6.45, 7) is 4.30. The van der Waals surface area contributed by atoms with Crippen molar-refractivity contribution in [2.45, 2.75) is 42.4 Å². The van der Waals surface area contributed by atoms with Gasteiger partial charge in [0.25, 0.3) is 5.56 Å². The molecule has 1 spiro atoms. The van der Waals surface area contributed by atoms with Gasteiger partial charge >= 0.3 is 0 Å². The van der Waals surface area contributed by atoms with Crippen molar-refractivity contribution < 1.29 is 14.3 Å². The van der Waals surface area contributed by atoms with Gasteiger partial charge in [0.2, 0.25) is 5.91 Å². The molecule has 1 aromatic heterocycles. The fraction of sp³-hybridized carbons (Fsp3) is 0.400. The highest BCUT2D eigenvalue weighted by atomic mass is 35.5. The van der Waals surface area contributed by atoms with Crippen molar-refractivity contribution in [3.05, 3.63) is 62.9 Å². The van der Waals surface area contributed by atoms with Crippen LogP contribution >= 0.6 is 35.0 Å². The molecule has 1 unspecified atom stereocenters. The summed E-state index contributed by atoms with van der Waals surface area (Å²) in [4.78, 5) is 33.7. The van der Waals surface area contributed by atoms with Crippen LogP contribution in [0.15, 0.2) is 52.4 Å². The number of ether oxygens (including phenoxy) is 2. The maximum atomic E-state index is 13.5. The van der Waals surface area contributed by atoms with Gasteiger partial charge in [-0.1, -0.05) is 54.0 Å². The lowest BCUT2D eigenvalue weighted by atomic mass is 10.0. The Balaban J connectivity index is 1.47. The molecule has 2 aromatic carbocycles. The minimum absolute atomic E-state index is 0.0217. The smallest absolute Gasteiger partial charge is 0.266 e. The van der Waals surface area contributed by atoms with E-state index in [9.17, 15) is 9.59 Å². The molecule has 2 fully saturated rings. The van der Waals surface area contributed by atoms with Gasteiger partial charge in [0, 0.05) is 25.9 Å². The normalized spacial score (nSPS) is 18.3. The third-order valence-electron chi connectivity index (χ3n) is 6.45. The number of nitrogens with zero attached hydrogens (tertiary/aromatic N) is 3. The van der Waals surface area contributed by atoms with Gasteiger partial charge in [0.05, 0.1) is 45.1 Å². The van der Waals surface area contributed by atoms with E-state index in [4.69, 9.17) is 37.7 Å². The van der Waals surface area contributed by atoms with Crippen LogP contribution in [-0.4, -0.2) is 57.7 Å². The number of piperidine rings is 1. The van der Waals surface area contributed by atoms with E-state index in [1.807, 2.05) is 17.9 Å². The molecule has 0 N–H and O–H groups in total. The Morgan fingerprint density at radius 2 is 1.83 bits per heavy atom. The number of fused-ring (bicyclic) bond motifs is 1. The summed E-state index contributed by atoms with van der Waals surface area (Å²) in [5.74, 6) is -0.520. The molecular weight excluding hydrogens is 509 g/mol. The van der Waals surface area contributed by atoms with Gasteiger partial charge in [-0.25, -0.2) is 4.98 Å². The fourth-order valence-corrected chi connectivity index (χ4v) is 5.94. The highest BCUT2D eigenvalue weighted by Gasteiger charge is 2.41. The third-order valence-corrected chi connectivity index (χ3v) is 8.49. The zero-order chi connectivity index (χ0) is 24.6. The first kappa shape index (κ1) is 24.6.